The Labute approximate surface area is 165 Å². The molecule has 2 fully saturated rings. The molecule has 148 valence electrons. The number of fused-ring (bicyclic) bond motifs is 3. The smallest absolute Gasteiger partial charge is 0.254 e. The highest BCUT2D eigenvalue weighted by Gasteiger charge is 2.38. The first kappa shape index (κ1) is 18.1. The zero-order chi connectivity index (χ0) is 19.1. The highest BCUT2D eigenvalue weighted by Crippen LogP contribution is 2.36. The van der Waals surface area contributed by atoms with Gasteiger partial charge in [0.15, 0.2) is 0 Å². The molecular formula is C23H28N2O3. The number of benzene rings is 2. The van der Waals surface area contributed by atoms with Crippen molar-refractivity contribution < 1.29 is 14.6 Å². The van der Waals surface area contributed by atoms with Crippen LogP contribution in [0.1, 0.15) is 47.2 Å². The van der Waals surface area contributed by atoms with E-state index in [1.165, 1.54) is 35.6 Å². The fraction of sp³-hybridized carbons (Fsp3) is 0.522. The number of likely N-dealkylation sites (tertiary alicyclic amines) is 1. The molecule has 1 unspecified atom stereocenters. The second kappa shape index (κ2) is 7.47. The Morgan fingerprint density at radius 1 is 1.11 bits per heavy atom. The van der Waals surface area contributed by atoms with Crippen LogP contribution in [0, 0.1) is 0 Å². The molecule has 0 radical (unpaired) electrons. The van der Waals surface area contributed by atoms with Crippen LogP contribution >= 0.6 is 0 Å². The molecule has 5 heteroatoms. The highest BCUT2D eigenvalue weighted by molar-refractivity contribution is 6.05. The van der Waals surface area contributed by atoms with Gasteiger partial charge in [0, 0.05) is 25.3 Å². The lowest BCUT2D eigenvalue weighted by Gasteiger charge is -2.34. The molecule has 3 aliphatic rings. The lowest BCUT2D eigenvalue weighted by atomic mass is 9.95. The largest absolute Gasteiger partial charge is 0.389 e. The van der Waals surface area contributed by atoms with Gasteiger partial charge in [0.05, 0.1) is 18.8 Å². The third kappa shape index (κ3) is 3.11. The van der Waals surface area contributed by atoms with Crippen LogP contribution in [0.4, 0.5) is 0 Å². The van der Waals surface area contributed by atoms with E-state index >= 15 is 0 Å². The predicted molar refractivity (Wildman–Crippen MR) is 108 cm³/mol. The summed E-state index contributed by atoms with van der Waals surface area (Å²) in [5.74, 6) is 0.0617. The molecule has 0 spiro atoms. The van der Waals surface area contributed by atoms with E-state index in [4.69, 9.17) is 4.74 Å². The van der Waals surface area contributed by atoms with Crippen molar-refractivity contribution in [2.24, 2.45) is 0 Å². The Kier molecular flexibility index (Phi) is 4.83. The van der Waals surface area contributed by atoms with Gasteiger partial charge < -0.3 is 14.7 Å². The molecule has 5 rings (SSSR count). The third-order valence-corrected chi connectivity index (χ3v) is 6.60. The van der Waals surface area contributed by atoms with Crippen molar-refractivity contribution in [3.05, 3.63) is 47.0 Å². The average Bonchev–Trinajstić information content (AvgIpc) is 3.06. The fourth-order valence-electron chi connectivity index (χ4n) is 5.10. The van der Waals surface area contributed by atoms with E-state index in [-0.39, 0.29) is 11.9 Å². The van der Waals surface area contributed by atoms with Crippen molar-refractivity contribution in [1.29, 1.82) is 0 Å². The zero-order valence-corrected chi connectivity index (χ0v) is 16.3. The van der Waals surface area contributed by atoms with Crippen molar-refractivity contribution in [2.75, 3.05) is 26.3 Å². The minimum absolute atomic E-state index is 0.0617. The molecule has 3 heterocycles. The van der Waals surface area contributed by atoms with E-state index in [0.29, 0.717) is 26.2 Å². The van der Waals surface area contributed by atoms with Crippen molar-refractivity contribution in [3.63, 3.8) is 0 Å². The molecule has 2 aromatic carbocycles. The minimum Gasteiger partial charge on any atom is -0.389 e. The molecule has 3 aliphatic heterocycles. The summed E-state index contributed by atoms with van der Waals surface area (Å²) >= 11 is 0. The van der Waals surface area contributed by atoms with E-state index < -0.39 is 6.10 Å². The van der Waals surface area contributed by atoms with Crippen molar-refractivity contribution in [1.82, 2.24) is 9.80 Å². The minimum atomic E-state index is -0.605. The summed E-state index contributed by atoms with van der Waals surface area (Å²) in [6, 6.07) is 10.4. The van der Waals surface area contributed by atoms with Crippen LogP contribution in [0.5, 0.6) is 0 Å². The molecule has 1 amide bonds. The van der Waals surface area contributed by atoms with Gasteiger partial charge in [-0.1, -0.05) is 30.7 Å². The van der Waals surface area contributed by atoms with E-state index in [9.17, 15) is 9.90 Å². The zero-order valence-electron chi connectivity index (χ0n) is 16.3. The summed E-state index contributed by atoms with van der Waals surface area (Å²) in [4.78, 5) is 17.7. The molecular weight excluding hydrogens is 352 g/mol. The number of carbonyl (C=O) groups excluding carboxylic acids is 1. The maximum absolute atomic E-state index is 13.3. The molecule has 0 bridgehead atoms. The molecule has 0 saturated carbocycles. The quantitative estimate of drug-likeness (QED) is 0.890. The number of hydrogen-bond donors (Lipinski definition) is 1. The number of ether oxygens (including phenoxy) is 1. The Morgan fingerprint density at radius 2 is 1.89 bits per heavy atom. The maximum Gasteiger partial charge on any atom is 0.254 e. The second-order valence-corrected chi connectivity index (χ2v) is 8.38. The van der Waals surface area contributed by atoms with Crippen molar-refractivity contribution in [3.8, 4) is 0 Å². The molecule has 28 heavy (non-hydrogen) atoms. The summed E-state index contributed by atoms with van der Waals surface area (Å²) in [6.07, 6.45) is 3.93. The molecule has 2 aromatic rings. The Morgan fingerprint density at radius 3 is 2.68 bits per heavy atom. The number of carbonyl (C=O) groups is 1. The number of piperidine rings is 1. The molecule has 2 atom stereocenters. The van der Waals surface area contributed by atoms with Gasteiger partial charge in [0.2, 0.25) is 0 Å². The van der Waals surface area contributed by atoms with E-state index in [0.717, 1.165) is 30.8 Å². The summed E-state index contributed by atoms with van der Waals surface area (Å²) < 4.78 is 5.36. The van der Waals surface area contributed by atoms with Gasteiger partial charge in [-0.3, -0.25) is 9.69 Å². The molecule has 0 aromatic heterocycles. The van der Waals surface area contributed by atoms with Crippen molar-refractivity contribution in [2.45, 2.75) is 50.9 Å². The second-order valence-electron chi connectivity index (χ2n) is 8.38. The highest BCUT2D eigenvalue weighted by atomic mass is 16.5. The third-order valence-electron chi connectivity index (χ3n) is 6.60. The SMILES string of the molecule is O=C1c2cc(CN3CCCCC3)c3ccccc3c2CN1C1CCOC[C@@H]1O. The normalized spacial score (nSPS) is 26.0. The first-order valence-corrected chi connectivity index (χ1v) is 10.5. The topological polar surface area (TPSA) is 53.0 Å². The van der Waals surface area contributed by atoms with Gasteiger partial charge in [0.1, 0.15) is 0 Å². The molecule has 0 aliphatic carbocycles. The fourth-order valence-corrected chi connectivity index (χ4v) is 5.10. The number of rotatable bonds is 3. The lowest BCUT2D eigenvalue weighted by molar-refractivity contribution is -0.0571. The Hall–Kier alpha value is -1.95. The first-order valence-electron chi connectivity index (χ1n) is 10.5. The number of aliphatic hydroxyl groups excluding tert-OH is 1. The average molecular weight is 380 g/mol. The van der Waals surface area contributed by atoms with Crippen LogP contribution in [0.25, 0.3) is 10.8 Å². The number of aliphatic hydroxyl groups is 1. The standard InChI is InChI=1S/C23H28N2O3/c26-22-15-28-11-8-21(22)25-14-20-18-7-3-2-6-17(18)16(12-19(20)23(25)27)13-24-9-4-1-5-10-24/h2-3,6-7,12,21-22,26H,1,4-5,8-11,13-15H2/t21?,22-/m0/s1. The van der Waals surface area contributed by atoms with Gasteiger partial charge >= 0.3 is 0 Å². The van der Waals surface area contributed by atoms with Gasteiger partial charge in [-0.2, -0.15) is 0 Å². The predicted octanol–water partition coefficient (Wildman–Crippen LogP) is 2.93. The molecule has 2 saturated heterocycles. The lowest BCUT2D eigenvalue weighted by Crippen LogP contribution is -2.49. The van der Waals surface area contributed by atoms with Crippen LogP contribution in [0.15, 0.2) is 30.3 Å². The summed E-state index contributed by atoms with van der Waals surface area (Å²) in [7, 11) is 0. The maximum atomic E-state index is 13.3. The van der Waals surface area contributed by atoms with Crippen LogP contribution in [-0.2, 0) is 17.8 Å². The summed E-state index contributed by atoms with van der Waals surface area (Å²) in [5, 5.41) is 12.8. The van der Waals surface area contributed by atoms with Crippen LogP contribution < -0.4 is 0 Å². The van der Waals surface area contributed by atoms with Gasteiger partial charge in [0.25, 0.3) is 5.91 Å². The van der Waals surface area contributed by atoms with Gasteiger partial charge in [-0.05, 0) is 60.3 Å². The number of amides is 1. The van der Waals surface area contributed by atoms with E-state index in [1.807, 2.05) is 4.90 Å². The summed E-state index contributed by atoms with van der Waals surface area (Å²) in [6.45, 7) is 4.68. The Bertz CT molecular complexity index is 891. The number of hydrogen-bond acceptors (Lipinski definition) is 4. The van der Waals surface area contributed by atoms with Gasteiger partial charge in [-0.15, -0.1) is 0 Å². The summed E-state index contributed by atoms with van der Waals surface area (Å²) in [5.41, 5.74) is 3.19. The van der Waals surface area contributed by atoms with Crippen molar-refractivity contribution >= 4 is 16.7 Å². The van der Waals surface area contributed by atoms with Crippen LogP contribution in [0.3, 0.4) is 0 Å². The van der Waals surface area contributed by atoms with E-state index in [1.54, 1.807) is 0 Å². The Balaban J connectivity index is 1.52. The molecule has 1 N–H and O–H groups in total. The monoisotopic (exact) mass is 380 g/mol. The molecule has 5 nitrogen and oxygen atoms in total. The number of nitrogens with zero attached hydrogens (tertiary/aromatic N) is 2. The van der Waals surface area contributed by atoms with Gasteiger partial charge in [-0.25, -0.2) is 0 Å². The van der Waals surface area contributed by atoms with E-state index in [2.05, 4.69) is 35.2 Å². The van der Waals surface area contributed by atoms with Crippen LogP contribution in [0.2, 0.25) is 0 Å². The first-order chi connectivity index (χ1) is 13.7. The van der Waals surface area contributed by atoms with Crippen LogP contribution in [-0.4, -0.2) is 59.3 Å².